The Morgan fingerprint density at radius 2 is 2.00 bits per heavy atom. The number of rotatable bonds is 2. The van der Waals surface area contributed by atoms with Crippen LogP contribution in [0.4, 0.5) is 19.3 Å². The maximum absolute atomic E-state index is 13.2. The average molecular weight is 326 g/mol. The highest BCUT2D eigenvalue weighted by Gasteiger charge is 2.33. The zero-order valence-electron chi connectivity index (χ0n) is 13.4. The Bertz CT molecular complexity index is 614. The monoisotopic (exact) mass is 326 g/mol. The maximum Gasteiger partial charge on any atom is 0.417 e. The SMILES string of the molecule is CC(C)(C)OC(=O)N1CCC(Nc2ccc(F)c(F)c2)CC1=O. The molecule has 23 heavy (non-hydrogen) atoms. The topological polar surface area (TPSA) is 58.6 Å². The first kappa shape index (κ1) is 17.2. The zero-order valence-corrected chi connectivity index (χ0v) is 13.4. The zero-order chi connectivity index (χ0) is 17.2. The fourth-order valence-electron chi connectivity index (χ4n) is 2.29. The molecule has 7 heteroatoms. The van der Waals surface area contributed by atoms with E-state index in [1.54, 1.807) is 20.8 Å². The van der Waals surface area contributed by atoms with Crippen LogP contribution in [0.25, 0.3) is 0 Å². The Labute approximate surface area is 133 Å². The summed E-state index contributed by atoms with van der Waals surface area (Å²) in [5.41, 5.74) is -0.273. The number of carbonyl (C=O) groups is 2. The molecular weight excluding hydrogens is 306 g/mol. The molecule has 0 saturated carbocycles. The van der Waals surface area contributed by atoms with Crippen molar-refractivity contribution in [3.63, 3.8) is 0 Å². The van der Waals surface area contributed by atoms with Crippen LogP contribution in [0.1, 0.15) is 33.6 Å². The number of hydrogen-bond acceptors (Lipinski definition) is 4. The number of benzene rings is 1. The lowest BCUT2D eigenvalue weighted by Crippen LogP contribution is -2.48. The molecule has 126 valence electrons. The van der Waals surface area contributed by atoms with Crippen LogP contribution in [-0.4, -0.2) is 35.1 Å². The number of nitrogens with one attached hydrogen (secondary N) is 1. The van der Waals surface area contributed by atoms with Crippen LogP contribution in [0.3, 0.4) is 0 Å². The Balaban J connectivity index is 1.94. The van der Waals surface area contributed by atoms with Crippen LogP contribution in [-0.2, 0) is 9.53 Å². The molecule has 2 rings (SSSR count). The lowest BCUT2D eigenvalue weighted by Gasteiger charge is -2.32. The van der Waals surface area contributed by atoms with Gasteiger partial charge in [0.15, 0.2) is 11.6 Å². The molecule has 0 bridgehead atoms. The fourth-order valence-corrected chi connectivity index (χ4v) is 2.29. The number of hydrogen-bond donors (Lipinski definition) is 1. The summed E-state index contributed by atoms with van der Waals surface area (Å²) in [4.78, 5) is 25.1. The Morgan fingerprint density at radius 3 is 2.57 bits per heavy atom. The van der Waals surface area contributed by atoms with Gasteiger partial charge in [0.25, 0.3) is 0 Å². The Morgan fingerprint density at radius 1 is 1.30 bits per heavy atom. The number of anilines is 1. The van der Waals surface area contributed by atoms with Crippen LogP contribution < -0.4 is 5.32 Å². The van der Waals surface area contributed by atoms with Gasteiger partial charge in [0.1, 0.15) is 5.60 Å². The standard InChI is InChI=1S/C16H20F2N2O3/c1-16(2,3)23-15(22)20-7-6-11(9-14(20)21)19-10-4-5-12(17)13(18)8-10/h4-5,8,11,19H,6-7,9H2,1-3H3. The van der Waals surface area contributed by atoms with Gasteiger partial charge in [-0.25, -0.2) is 18.5 Å². The lowest BCUT2D eigenvalue weighted by atomic mass is 10.0. The highest BCUT2D eigenvalue weighted by atomic mass is 19.2. The van der Waals surface area contributed by atoms with Crippen molar-refractivity contribution in [3.05, 3.63) is 29.8 Å². The molecule has 0 radical (unpaired) electrons. The third-order valence-electron chi connectivity index (χ3n) is 3.33. The molecule has 0 aromatic heterocycles. The van der Waals surface area contributed by atoms with Gasteiger partial charge < -0.3 is 10.1 Å². The van der Waals surface area contributed by atoms with Gasteiger partial charge in [0.05, 0.1) is 0 Å². The summed E-state index contributed by atoms with van der Waals surface area (Å²) in [7, 11) is 0. The molecule has 1 aromatic carbocycles. The van der Waals surface area contributed by atoms with E-state index in [0.29, 0.717) is 12.1 Å². The van der Waals surface area contributed by atoms with Crippen molar-refractivity contribution in [2.45, 2.75) is 45.3 Å². The maximum atomic E-state index is 13.2. The molecule has 1 N–H and O–H groups in total. The van der Waals surface area contributed by atoms with Gasteiger partial charge in [-0.3, -0.25) is 4.79 Å². The van der Waals surface area contributed by atoms with E-state index in [1.807, 2.05) is 0 Å². The van der Waals surface area contributed by atoms with Crippen molar-refractivity contribution >= 4 is 17.7 Å². The van der Waals surface area contributed by atoms with Crippen molar-refractivity contribution in [3.8, 4) is 0 Å². The first-order valence-electron chi connectivity index (χ1n) is 7.40. The quantitative estimate of drug-likeness (QED) is 0.906. The number of likely N-dealkylation sites (tertiary alicyclic amines) is 1. The van der Waals surface area contributed by atoms with Crippen LogP contribution in [0.5, 0.6) is 0 Å². The molecule has 1 unspecified atom stereocenters. The lowest BCUT2D eigenvalue weighted by molar-refractivity contribution is -0.132. The van der Waals surface area contributed by atoms with Crippen LogP contribution >= 0.6 is 0 Å². The van der Waals surface area contributed by atoms with Crippen molar-refractivity contribution in [2.75, 3.05) is 11.9 Å². The van der Waals surface area contributed by atoms with E-state index in [9.17, 15) is 18.4 Å². The second-order valence-electron chi connectivity index (χ2n) is 6.49. The number of imide groups is 1. The molecule has 1 heterocycles. The number of carbonyl (C=O) groups excluding carboxylic acids is 2. The average Bonchev–Trinajstić information content (AvgIpc) is 2.41. The molecule has 2 amide bonds. The highest BCUT2D eigenvalue weighted by Crippen LogP contribution is 2.21. The Kier molecular flexibility index (Phi) is 4.87. The third-order valence-corrected chi connectivity index (χ3v) is 3.33. The Hall–Kier alpha value is -2.18. The smallest absolute Gasteiger partial charge is 0.417 e. The minimum absolute atomic E-state index is 0.0816. The minimum Gasteiger partial charge on any atom is -0.443 e. The first-order chi connectivity index (χ1) is 10.7. The van der Waals surface area contributed by atoms with E-state index in [4.69, 9.17) is 4.74 Å². The van der Waals surface area contributed by atoms with Crippen molar-refractivity contribution in [1.29, 1.82) is 0 Å². The number of halogens is 2. The van der Waals surface area contributed by atoms with Crippen LogP contribution in [0.15, 0.2) is 18.2 Å². The third kappa shape index (κ3) is 4.64. The molecule has 5 nitrogen and oxygen atoms in total. The summed E-state index contributed by atoms with van der Waals surface area (Å²) in [6, 6.07) is 3.23. The fraction of sp³-hybridized carbons (Fsp3) is 0.500. The van der Waals surface area contributed by atoms with Gasteiger partial charge in [-0.2, -0.15) is 0 Å². The second kappa shape index (κ2) is 6.52. The number of piperidine rings is 1. The van der Waals surface area contributed by atoms with Crippen molar-refractivity contribution in [2.24, 2.45) is 0 Å². The molecule has 1 atom stereocenters. The molecule has 1 saturated heterocycles. The summed E-state index contributed by atoms with van der Waals surface area (Å²) in [6.07, 6.45) is -0.0730. The van der Waals surface area contributed by atoms with Gasteiger partial charge >= 0.3 is 6.09 Å². The molecule has 1 aliphatic rings. The van der Waals surface area contributed by atoms with Gasteiger partial charge in [-0.1, -0.05) is 0 Å². The molecule has 0 spiro atoms. The largest absolute Gasteiger partial charge is 0.443 e. The van der Waals surface area contributed by atoms with E-state index in [1.165, 1.54) is 6.07 Å². The van der Waals surface area contributed by atoms with Crippen molar-refractivity contribution in [1.82, 2.24) is 4.90 Å². The molecular formula is C16H20F2N2O3. The molecule has 1 aliphatic heterocycles. The van der Waals surface area contributed by atoms with E-state index < -0.39 is 23.3 Å². The van der Waals surface area contributed by atoms with Gasteiger partial charge in [-0.15, -0.1) is 0 Å². The summed E-state index contributed by atoms with van der Waals surface area (Å²) >= 11 is 0. The van der Waals surface area contributed by atoms with Gasteiger partial charge in [0, 0.05) is 30.8 Å². The summed E-state index contributed by atoms with van der Waals surface area (Å²) in [5, 5.41) is 2.98. The minimum atomic E-state index is -0.951. The predicted molar refractivity (Wildman–Crippen MR) is 80.9 cm³/mol. The van der Waals surface area contributed by atoms with E-state index >= 15 is 0 Å². The predicted octanol–water partition coefficient (Wildman–Crippen LogP) is 3.30. The summed E-state index contributed by atoms with van der Waals surface area (Å²) in [6.45, 7) is 5.40. The van der Waals surface area contributed by atoms with Crippen LogP contribution in [0, 0.1) is 11.6 Å². The number of ether oxygens (including phenoxy) is 1. The number of nitrogens with zero attached hydrogens (tertiary/aromatic N) is 1. The van der Waals surface area contributed by atoms with Crippen molar-refractivity contribution < 1.29 is 23.1 Å². The molecule has 0 aliphatic carbocycles. The highest BCUT2D eigenvalue weighted by molar-refractivity contribution is 5.93. The van der Waals surface area contributed by atoms with Gasteiger partial charge in [0.2, 0.25) is 5.91 Å². The summed E-state index contributed by atoms with van der Waals surface area (Å²) < 4.78 is 31.3. The van der Waals surface area contributed by atoms with Crippen LogP contribution in [0.2, 0.25) is 0 Å². The van der Waals surface area contributed by atoms with E-state index in [0.717, 1.165) is 17.0 Å². The number of amides is 2. The molecule has 1 aromatic rings. The van der Waals surface area contributed by atoms with E-state index in [2.05, 4.69) is 5.32 Å². The molecule has 1 fully saturated rings. The van der Waals surface area contributed by atoms with E-state index in [-0.39, 0.29) is 24.9 Å². The first-order valence-corrected chi connectivity index (χ1v) is 7.40. The van der Waals surface area contributed by atoms with Gasteiger partial charge in [-0.05, 0) is 39.3 Å². The second-order valence-corrected chi connectivity index (χ2v) is 6.49. The summed E-state index contributed by atoms with van der Waals surface area (Å²) in [5.74, 6) is -2.23. The normalized spacial score (nSPS) is 18.7.